The fraction of sp³-hybridized carbons (Fsp3) is 0.176. The van der Waals surface area contributed by atoms with E-state index >= 15 is 0 Å². The molecule has 0 unspecified atom stereocenters. The molecule has 0 radical (unpaired) electrons. The smallest absolute Gasteiger partial charge is 0.270 e. The molecule has 136 valence electrons. The minimum absolute atomic E-state index is 0.0593. The maximum absolute atomic E-state index is 12.1. The number of benzene rings is 2. The Bertz CT molecular complexity index is 841. The van der Waals surface area contributed by atoms with Gasteiger partial charge in [-0.05, 0) is 46.6 Å². The third kappa shape index (κ3) is 5.03. The lowest BCUT2D eigenvalue weighted by Gasteiger charge is -2.10. The molecule has 0 fully saturated rings. The molecule has 0 aliphatic carbocycles. The number of non-ortho nitro benzene ring substituents is 1. The lowest BCUT2D eigenvalue weighted by molar-refractivity contribution is -0.384. The fourth-order valence-electron chi connectivity index (χ4n) is 1.99. The highest BCUT2D eigenvalue weighted by molar-refractivity contribution is 9.10. The van der Waals surface area contributed by atoms with Gasteiger partial charge in [0.2, 0.25) is 0 Å². The van der Waals surface area contributed by atoms with Gasteiger partial charge in [0, 0.05) is 23.3 Å². The molecule has 26 heavy (non-hydrogen) atoms. The summed E-state index contributed by atoms with van der Waals surface area (Å²) in [5, 5.41) is 10.7. The number of nitrogens with zero attached hydrogens (tertiary/aromatic N) is 1. The summed E-state index contributed by atoms with van der Waals surface area (Å²) in [6, 6.07) is 9.97. The van der Waals surface area contributed by atoms with Crippen LogP contribution in [0.25, 0.3) is 0 Å². The average Bonchev–Trinajstić information content (AvgIpc) is 2.64. The molecule has 9 heteroatoms. The van der Waals surface area contributed by atoms with Crippen LogP contribution in [-0.4, -0.2) is 23.3 Å². The number of hydrazine groups is 1. The third-order valence-corrected chi connectivity index (χ3v) is 3.88. The van der Waals surface area contributed by atoms with E-state index in [-0.39, 0.29) is 11.3 Å². The van der Waals surface area contributed by atoms with Gasteiger partial charge in [-0.15, -0.1) is 0 Å². The molecule has 0 aliphatic heterocycles. The summed E-state index contributed by atoms with van der Waals surface area (Å²) in [5.41, 5.74) is 4.64. The van der Waals surface area contributed by atoms with E-state index in [1.165, 1.54) is 18.2 Å². The van der Waals surface area contributed by atoms with E-state index in [0.29, 0.717) is 22.4 Å². The van der Waals surface area contributed by atoms with Crippen LogP contribution in [-0.2, 0) is 0 Å². The van der Waals surface area contributed by atoms with E-state index in [4.69, 9.17) is 4.74 Å². The molecule has 2 rings (SSSR count). The normalized spacial score (nSPS) is 10.1. The fourth-order valence-corrected chi connectivity index (χ4v) is 2.48. The molecule has 2 N–H and O–H groups in total. The molecule has 8 nitrogen and oxygen atoms in total. The van der Waals surface area contributed by atoms with E-state index in [0.717, 1.165) is 12.5 Å². The molecule has 0 atom stereocenters. The number of halogens is 1. The van der Waals surface area contributed by atoms with Crippen LogP contribution in [0.3, 0.4) is 0 Å². The highest BCUT2D eigenvalue weighted by atomic mass is 79.9. The van der Waals surface area contributed by atoms with Gasteiger partial charge in [0.1, 0.15) is 5.75 Å². The van der Waals surface area contributed by atoms with Gasteiger partial charge >= 0.3 is 0 Å². The number of nitrogens with one attached hydrogen (secondary N) is 2. The lowest BCUT2D eigenvalue weighted by atomic mass is 10.2. The zero-order chi connectivity index (χ0) is 19.1. The zero-order valence-corrected chi connectivity index (χ0v) is 15.4. The second-order valence-electron chi connectivity index (χ2n) is 5.21. The Hall–Kier alpha value is -2.94. The number of nitro benzene ring substituents is 1. The minimum atomic E-state index is -0.663. The summed E-state index contributed by atoms with van der Waals surface area (Å²) < 4.78 is 6.12. The van der Waals surface area contributed by atoms with Crippen molar-refractivity contribution in [2.45, 2.75) is 13.3 Å². The lowest BCUT2D eigenvalue weighted by Crippen LogP contribution is -2.41. The SMILES string of the molecule is CCCOc1ccc(C(=O)NNC(=O)c2cccc([N+](=O)[O-])c2)cc1Br. The average molecular weight is 422 g/mol. The van der Waals surface area contributed by atoms with Crippen molar-refractivity contribution in [1.82, 2.24) is 10.9 Å². The Balaban J connectivity index is 2.00. The largest absolute Gasteiger partial charge is 0.492 e. The Kier molecular flexibility index (Phi) is 6.67. The first kappa shape index (κ1) is 19.4. The summed E-state index contributed by atoms with van der Waals surface area (Å²) in [6.45, 7) is 2.54. The monoisotopic (exact) mass is 421 g/mol. The van der Waals surface area contributed by atoms with Crippen molar-refractivity contribution in [1.29, 1.82) is 0 Å². The minimum Gasteiger partial charge on any atom is -0.492 e. The molecule has 0 bridgehead atoms. The predicted molar refractivity (Wildman–Crippen MR) is 98.0 cm³/mol. The maximum atomic E-state index is 12.1. The molecule has 2 aromatic rings. The van der Waals surface area contributed by atoms with Gasteiger partial charge in [-0.25, -0.2) is 0 Å². The molecule has 0 heterocycles. The van der Waals surface area contributed by atoms with Crippen molar-refractivity contribution in [3.05, 3.63) is 68.2 Å². The highest BCUT2D eigenvalue weighted by Crippen LogP contribution is 2.26. The van der Waals surface area contributed by atoms with Gasteiger partial charge in [-0.1, -0.05) is 13.0 Å². The molecule has 0 aliphatic rings. The van der Waals surface area contributed by atoms with E-state index in [2.05, 4.69) is 26.8 Å². The Labute approximate surface area is 157 Å². The number of carbonyl (C=O) groups is 2. The number of carbonyl (C=O) groups excluding carboxylic acids is 2. The molecular weight excluding hydrogens is 406 g/mol. The van der Waals surface area contributed by atoms with Gasteiger partial charge in [-0.3, -0.25) is 30.6 Å². The predicted octanol–water partition coefficient (Wildman–Crippen LogP) is 3.22. The number of hydrogen-bond donors (Lipinski definition) is 2. The van der Waals surface area contributed by atoms with Crippen LogP contribution in [0.2, 0.25) is 0 Å². The van der Waals surface area contributed by atoms with Crippen molar-refractivity contribution < 1.29 is 19.2 Å². The van der Waals surface area contributed by atoms with Gasteiger partial charge in [0.25, 0.3) is 17.5 Å². The van der Waals surface area contributed by atoms with Gasteiger partial charge in [-0.2, -0.15) is 0 Å². The third-order valence-electron chi connectivity index (χ3n) is 3.26. The zero-order valence-electron chi connectivity index (χ0n) is 13.8. The van der Waals surface area contributed by atoms with Gasteiger partial charge in [0.15, 0.2) is 0 Å². The van der Waals surface area contributed by atoms with Crippen molar-refractivity contribution in [2.75, 3.05) is 6.61 Å². The van der Waals surface area contributed by atoms with Crippen molar-refractivity contribution >= 4 is 33.4 Å². The van der Waals surface area contributed by atoms with Crippen LogP contribution in [0.5, 0.6) is 5.75 Å². The summed E-state index contributed by atoms with van der Waals surface area (Å²) >= 11 is 3.33. The van der Waals surface area contributed by atoms with E-state index < -0.39 is 16.7 Å². The first-order valence-corrected chi connectivity index (χ1v) is 8.49. The molecule has 2 amide bonds. The molecule has 0 aromatic heterocycles. The maximum Gasteiger partial charge on any atom is 0.270 e. The van der Waals surface area contributed by atoms with Crippen LogP contribution in [0.15, 0.2) is 46.9 Å². The molecule has 0 saturated heterocycles. The summed E-state index contributed by atoms with van der Waals surface area (Å²) in [7, 11) is 0. The molecule has 0 saturated carbocycles. The Morgan fingerprint density at radius 3 is 2.35 bits per heavy atom. The first-order valence-electron chi connectivity index (χ1n) is 7.70. The number of nitro groups is 1. The molecular formula is C17H16BrN3O5. The van der Waals surface area contributed by atoms with Crippen molar-refractivity contribution in [3.63, 3.8) is 0 Å². The van der Waals surface area contributed by atoms with E-state index in [1.54, 1.807) is 18.2 Å². The number of rotatable bonds is 6. The molecule has 0 spiro atoms. The van der Waals surface area contributed by atoms with E-state index in [9.17, 15) is 19.7 Å². The Morgan fingerprint density at radius 2 is 1.77 bits per heavy atom. The van der Waals surface area contributed by atoms with Gasteiger partial charge < -0.3 is 4.74 Å². The number of hydrogen-bond acceptors (Lipinski definition) is 5. The Morgan fingerprint density at radius 1 is 1.12 bits per heavy atom. The second-order valence-corrected chi connectivity index (χ2v) is 6.06. The van der Waals surface area contributed by atoms with Crippen molar-refractivity contribution in [3.8, 4) is 5.75 Å². The summed E-state index contributed by atoms with van der Waals surface area (Å²) in [6.07, 6.45) is 0.859. The van der Waals surface area contributed by atoms with Crippen LogP contribution in [0, 0.1) is 10.1 Å². The van der Waals surface area contributed by atoms with Crippen LogP contribution >= 0.6 is 15.9 Å². The van der Waals surface area contributed by atoms with E-state index in [1.807, 2.05) is 6.92 Å². The topological polar surface area (TPSA) is 111 Å². The first-order chi connectivity index (χ1) is 12.4. The molecule has 2 aromatic carbocycles. The number of amides is 2. The second kappa shape index (κ2) is 8.95. The summed E-state index contributed by atoms with van der Waals surface area (Å²) in [4.78, 5) is 34.3. The summed E-state index contributed by atoms with van der Waals surface area (Å²) in [5.74, 6) is -0.584. The van der Waals surface area contributed by atoms with Crippen LogP contribution < -0.4 is 15.6 Å². The van der Waals surface area contributed by atoms with Crippen LogP contribution in [0.4, 0.5) is 5.69 Å². The quantitative estimate of drug-likeness (QED) is 0.549. The standard InChI is InChI=1S/C17H16BrN3O5/c1-2-8-26-15-7-6-12(10-14(15)18)17(23)20-19-16(22)11-4-3-5-13(9-11)21(24)25/h3-7,9-10H,2,8H2,1H3,(H,19,22)(H,20,23). The highest BCUT2D eigenvalue weighted by Gasteiger charge is 2.14. The van der Waals surface area contributed by atoms with Crippen LogP contribution in [0.1, 0.15) is 34.1 Å². The van der Waals surface area contributed by atoms with Gasteiger partial charge in [0.05, 0.1) is 16.0 Å². The van der Waals surface area contributed by atoms with Crippen molar-refractivity contribution in [2.24, 2.45) is 0 Å². The number of ether oxygens (including phenoxy) is 1.